The fraction of sp³-hybridized carbons (Fsp3) is 0.533. The normalized spacial score (nSPS) is 16.9. The SMILES string of the molecule is Cc1ccc(O)c(C(=O)N2CCC(N(C)C)CC2)c1. The van der Waals surface area contributed by atoms with E-state index in [4.69, 9.17) is 0 Å². The minimum Gasteiger partial charge on any atom is -0.507 e. The van der Waals surface area contributed by atoms with E-state index in [1.165, 1.54) is 0 Å². The van der Waals surface area contributed by atoms with Crippen molar-refractivity contribution < 1.29 is 9.90 Å². The number of aromatic hydroxyl groups is 1. The van der Waals surface area contributed by atoms with Gasteiger partial charge in [0.2, 0.25) is 0 Å². The van der Waals surface area contributed by atoms with E-state index in [1.54, 1.807) is 12.1 Å². The van der Waals surface area contributed by atoms with Crippen molar-refractivity contribution >= 4 is 5.91 Å². The molecule has 0 aliphatic carbocycles. The fourth-order valence-corrected chi connectivity index (χ4v) is 2.58. The molecule has 1 N–H and O–H groups in total. The molecule has 2 rings (SSSR count). The van der Waals surface area contributed by atoms with Crippen LogP contribution in [0, 0.1) is 6.92 Å². The molecule has 0 unspecified atom stereocenters. The van der Waals surface area contributed by atoms with Crippen LogP contribution >= 0.6 is 0 Å². The maximum Gasteiger partial charge on any atom is 0.257 e. The quantitative estimate of drug-likeness (QED) is 0.885. The van der Waals surface area contributed by atoms with Crippen LogP contribution in [0.1, 0.15) is 28.8 Å². The maximum absolute atomic E-state index is 12.4. The average Bonchev–Trinajstić information content (AvgIpc) is 2.41. The number of likely N-dealkylation sites (tertiary alicyclic amines) is 1. The largest absolute Gasteiger partial charge is 0.507 e. The number of nitrogens with zero attached hydrogens (tertiary/aromatic N) is 2. The molecule has 1 aromatic rings. The van der Waals surface area contributed by atoms with Gasteiger partial charge in [-0.2, -0.15) is 0 Å². The molecule has 0 aromatic heterocycles. The van der Waals surface area contributed by atoms with Gasteiger partial charge in [0, 0.05) is 19.1 Å². The number of benzene rings is 1. The summed E-state index contributed by atoms with van der Waals surface area (Å²) in [5.41, 5.74) is 1.41. The van der Waals surface area contributed by atoms with E-state index in [1.807, 2.05) is 17.9 Å². The highest BCUT2D eigenvalue weighted by molar-refractivity contribution is 5.97. The van der Waals surface area contributed by atoms with Crippen LogP contribution in [0.15, 0.2) is 18.2 Å². The number of phenolic OH excluding ortho intramolecular Hbond substituents is 1. The highest BCUT2D eigenvalue weighted by atomic mass is 16.3. The summed E-state index contributed by atoms with van der Waals surface area (Å²) in [6, 6.07) is 5.71. The van der Waals surface area contributed by atoms with Crippen molar-refractivity contribution in [3.05, 3.63) is 29.3 Å². The molecule has 1 amide bonds. The summed E-state index contributed by atoms with van der Waals surface area (Å²) < 4.78 is 0. The molecule has 0 spiro atoms. The first-order valence-electron chi connectivity index (χ1n) is 6.74. The summed E-state index contributed by atoms with van der Waals surface area (Å²) in [5.74, 6) is 0.0174. The Balaban J connectivity index is 2.07. The van der Waals surface area contributed by atoms with E-state index in [2.05, 4.69) is 19.0 Å². The number of aryl methyl sites for hydroxylation is 1. The minimum absolute atomic E-state index is 0.0570. The van der Waals surface area contributed by atoms with Crippen LogP contribution < -0.4 is 0 Å². The second-order valence-electron chi connectivity index (χ2n) is 5.51. The van der Waals surface area contributed by atoms with E-state index < -0.39 is 0 Å². The Bertz CT molecular complexity index is 463. The Morgan fingerprint density at radius 3 is 2.53 bits per heavy atom. The third-order valence-electron chi connectivity index (χ3n) is 3.86. The zero-order valence-electron chi connectivity index (χ0n) is 11.9. The molecule has 1 aromatic carbocycles. The first-order valence-corrected chi connectivity index (χ1v) is 6.74. The molecular weight excluding hydrogens is 240 g/mol. The number of piperidine rings is 1. The van der Waals surface area contributed by atoms with Crippen LogP contribution in [0.2, 0.25) is 0 Å². The van der Waals surface area contributed by atoms with E-state index in [-0.39, 0.29) is 11.7 Å². The van der Waals surface area contributed by atoms with Crippen LogP contribution in [0.5, 0.6) is 5.75 Å². The van der Waals surface area contributed by atoms with E-state index in [9.17, 15) is 9.90 Å². The number of amides is 1. The predicted molar refractivity (Wildman–Crippen MR) is 75.5 cm³/mol. The highest BCUT2D eigenvalue weighted by Gasteiger charge is 2.25. The Labute approximate surface area is 114 Å². The van der Waals surface area contributed by atoms with Gasteiger partial charge in [-0.15, -0.1) is 0 Å². The van der Waals surface area contributed by atoms with Gasteiger partial charge in [0.05, 0.1) is 5.56 Å². The van der Waals surface area contributed by atoms with Crippen LogP contribution in [0.25, 0.3) is 0 Å². The van der Waals surface area contributed by atoms with Crippen LogP contribution in [-0.2, 0) is 0 Å². The molecule has 0 saturated carbocycles. The van der Waals surface area contributed by atoms with E-state index in [0.717, 1.165) is 31.5 Å². The van der Waals surface area contributed by atoms with E-state index >= 15 is 0 Å². The lowest BCUT2D eigenvalue weighted by atomic mass is 10.0. The van der Waals surface area contributed by atoms with Crippen molar-refractivity contribution in [2.45, 2.75) is 25.8 Å². The van der Waals surface area contributed by atoms with Crippen molar-refractivity contribution in [1.29, 1.82) is 0 Å². The molecule has 1 fully saturated rings. The number of phenols is 1. The molecule has 1 aliphatic rings. The summed E-state index contributed by atoms with van der Waals surface area (Å²) in [4.78, 5) is 16.5. The molecule has 1 saturated heterocycles. The van der Waals surface area contributed by atoms with Crippen molar-refractivity contribution in [3.63, 3.8) is 0 Å². The monoisotopic (exact) mass is 262 g/mol. The van der Waals surface area contributed by atoms with Crippen molar-refractivity contribution in [2.75, 3.05) is 27.2 Å². The van der Waals surface area contributed by atoms with Crippen LogP contribution in [0.4, 0.5) is 0 Å². The van der Waals surface area contributed by atoms with Crippen LogP contribution in [-0.4, -0.2) is 54.0 Å². The molecular formula is C15H22N2O2. The molecule has 1 aliphatic heterocycles. The third-order valence-corrected chi connectivity index (χ3v) is 3.86. The zero-order chi connectivity index (χ0) is 14.0. The second kappa shape index (κ2) is 5.61. The minimum atomic E-state index is -0.0570. The summed E-state index contributed by atoms with van der Waals surface area (Å²) in [6.07, 6.45) is 1.98. The topological polar surface area (TPSA) is 43.8 Å². The Morgan fingerprint density at radius 1 is 1.32 bits per heavy atom. The van der Waals surface area contributed by atoms with Gasteiger partial charge in [-0.25, -0.2) is 0 Å². The van der Waals surface area contributed by atoms with Crippen molar-refractivity contribution in [2.24, 2.45) is 0 Å². The molecule has 0 radical (unpaired) electrons. The van der Waals surface area contributed by atoms with Crippen LogP contribution in [0.3, 0.4) is 0 Å². The van der Waals surface area contributed by atoms with Crippen molar-refractivity contribution in [3.8, 4) is 5.75 Å². The molecule has 4 heteroatoms. The Hall–Kier alpha value is -1.55. The molecule has 0 atom stereocenters. The lowest BCUT2D eigenvalue weighted by Crippen LogP contribution is -2.44. The maximum atomic E-state index is 12.4. The Kier molecular flexibility index (Phi) is 4.10. The lowest BCUT2D eigenvalue weighted by Gasteiger charge is -2.35. The second-order valence-corrected chi connectivity index (χ2v) is 5.51. The number of carbonyl (C=O) groups excluding carboxylic acids is 1. The smallest absolute Gasteiger partial charge is 0.257 e. The molecule has 104 valence electrons. The van der Waals surface area contributed by atoms with Gasteiger partial charge in [-0.3, -0.25) is 4.79 Å². The zero-order valence-corrected chi connectivity index (χ0v) is 11.9. The van der Waals surface area contributed by atoms with Gasteiger partial charge in [0.15, 0.2) is 0 Å². The predicted octanol–water partition coefficient (Wildman–Crippen LogP) is 1.87. The van der Waals surface area contributed by atoms with Gasteiger partial charge < -0.3 is 14.9 Å². The van der Waals surface area contributed by atoms with Gasteiger partial charge in [-0.05, 0) is 46.0 Å². The molecule has 1 heterocycles. The van der Waals surface area contributed by atoms with Crippen molar-refractivity contribution in [1.82, 2.24) is 9.80 Å². The van der Waals surface area contributed by atoms with E-state index in [0.29, 0.717) is 11.6 Å². The fourth-order valence-electron chi connectivity index (χ4n) is 2.58. The number of rotatable bonds is 2. The highest BCUT2D eigenvalue weighted by Crippen LogP contribution is 2.22. The first kappa shape index (κ1) is 13.9. The summed E-state index contributed by atoms with van der Waals surface area (Å²) in [5, 5.41) is 9.82. The molecule has 19 heavy (non-hydrogen) atoms. The lowest BCUT2D eigenvalue weighted by molar-refractivity contribution is 0.0660. The van der Waals surface area contributed by atoms with Gasteiger partial charge in [-0.1, -0.05) is 11.6 Å². The standard InChI is InChI=1S/C15H22N2O2/c1-11-4-5-14(18)13(10-11)15(19)17-8-6-12(7-9-17)16(2)3/h4-5,10,12,18H,6-9H2,1-3H3. The first-order chi connectivity index (χ1) is 8.99. The van der Waals surface area contributed by atoms with Gasteiger partial charge >= 0.3 is 0 Å². The average molecular weight is 262 g/mol. The summed E-state index contributed by atoms with van der Waals surface area (Å²) in [7, 11) is 4.16. The number of carbonyl (C=O) groups is 1. The number of hydrogen-bond donors (Lipinski definition) is 1. The Morgan fingerprint density at radius 2 is 1.95 bits per heavy atom. The number of hydrogen-bond acceptors (Lipinski definition) is 3. The summed E-state index contributed by atoms with van der Waals surface area (Å²) in [6.45, 7) is 3.44. The van der Waals surface area contributed by atoms with Gasteiger partial charge in [0.1, 0.15) is 5.75 Å². The van der Waals surface area contributed by atoms with Gasteiger partial charge in [0.25, 0.3) is 5.91 Å². The summed E-state index contributed by atoms with van der Waals surface area (Å²) >= 11 is 0. The molecule has 4 nitrogen and oxygen atoms in total. The molecule has 0 bridgehead atoms. The third kappa shape index (κ3) is 3.07.